The van der Waals surface area contributed by atoms with E-state index in [2.05, 4.69) is 28.4 Å². The van der Waals surface area contributed by atoms with E-state index in [1.54, 1.807) is 16.4 Å². The molecule has 0 aromatic heterocycles. The van der Waals surface area contributed by atoms with Gasteiger partial charge in [-0.3, -0.25) is 0 Å². The van der Waals surface area contributed by atoms with E-state index >= 15 is 0 Å². The topological polar surface area (TPSA) is 52.7 Å². The number of sulfonamides is 1. The molecule has 0 spiro atoms. The van der Waals surface area contributed by atoms with Crippen molar-refractivity contribution >= 4 is 26.5 Å². The smallest absolute Gasteiger partial charge is 0.243 e. The minimum Gasteiger partial charge on any atom is -0.369 e. The molecular weight excluding hydrogens is 382 g/mol. The van der Waals surface area contributed by atoms with E-state index in [4.69, 9.17) is 0 Å². The van der Waals surface area contributed by atoms with Gasteiger partial charge in [0.25, 0.3) is 0 Å². The third-order valence-corrected chi connectivity index (χ3v) is 7.86. The van der Waals surface area contributed by atoms with Gasteiger partial charge in [0.2, 0.25) is 10.0 Å². The van der Waals surface area contributed by atoms with E-state index < -0.39 is 10.0 Å². The van der Waals surface area contributed by atoms with Crippen LogP contribution in [0, 0.1) is 0 Å². The first-order chi connectivity index (χ1) is 14.1. The summed E-state index contributed by atoms with van der Waals surface area (Å²) < 4.78 is 28.3. The zero-order chi connectivity index (χ0) is 19.8. The number of fused-ring (bicyclic) bond motifs is 2. The summed E-state index contributed by atoms with van der Waals surface area (Å²) in [5, 5.41) is 5.40. The Bertz CT molecular complexity index is 1150. The number of nitrogens with one attached hydrogen (secondary N) is 1. The lowest BCUT2D eigenvalue weighted by atomic mass is 9.98. The Balaban J connectivity index is 1.45. The van der Waals surface area contributed by atoms with E-state index in [1.165, 1.54) is 11.3 Å². The van der Waals surface area contributed by atoms with E-state index in [-0.39, 0.29) is 0 Å². The van der Waals surface area contributed by atoms with Gasteiger partial charge in [0.15, 0.2) is 0 Å². The highest BCUT2D eigenvalue weighted by Crippen LogP contribution is 2.32. The maximum Gasteiger partial charge on any atom is 0.243 e. The Kier molecular flexibility index (Phi) is 4.78. The number of anilines is 1. The molecule has 0 radical (unpaired) electrons. The molecule has 0 unspecified atom stereocenters. The molecule has 0 amide bonds. The average molecular weight is 408 g/mol. The first-order valence-corrected chi connectivity index (χ1v) is 11.6. The number of hydrogen-bond acceptors (Lipinski definition) is 4. The number of rotatable bonds is 3. The van der Waals surface area contributed by atoms with Crippen LogP contribution in [0.5, 0.6) is 0 Å². The summed E-state index contributed by atoms with van der Waals surface area (Å²) in [4.78, 5) is 2.79. The molecule has 3 aromatic rings. The van der Waals surface area contributed by atoms with E-state index in [0.29, 0.717) is 18.0 Å². The molecule has 5 rings (SSSR count). The molecule has 6 heteroatoms. The van der Waals surface area contributed by atoms with Crippen LogP contribution < -0.4 is 10.2 Å². The fraction of sp³-hybridized carbons (Fsp3) is 0.304. The van der Waals surface area contributed by atoms with E-state index in [1.807, 2.05) is 30.3 Å². The van der Waals surface area contributed by atoms with Gasteiger partial charge in [-0.05, 0) is 46.5 Å². The van der Waals surface area contributed by atoms with Gasteiger partial charge in [0.05, 0.1) is 4.90 Å². The molecule has 1 saturated heterocycles. The normalized spacial score (nSPS) is 18.0. The van der Waals surface area contributed by atoms with Gasteiger partial charge in [-0.1, -0.05) is 42.5 Å². The Morgan fingerprint density at radius 2 is 1.62 bits per heavy atom. The van der Waals surface area contributed by atoms with Crippen molar-refractivity contribution in [2.75, 3.05) is 37.6 Å². The molecule has 150 valence electrons. The van der Waals surface area contributed by atoms with E-state index in [0.717, 1.165) is 48.9 Å². The average Bonchev–Trinajstić information content (AvgIpc) is 2.78. The van der Waals surface area contributed by atoms with Crippen LogP contribution in [0.15, 0.2) is 65.6 Å². The number of nitrogens with zero attached hydrogens (tertiary/aromatic N) is 2. The van der Waals surface area contributed by atoms with Crippen LogP contribution in [0.1, 0.15) is 11.1 Å². The van der Waals surface area contributed by atoms with Crippen molar-refractivity contribution in [3.05, 3.63) is 71.8 Å². The summed E-state index contributed by atoms with van der Waals surface area (Å²) >= 11 is 0. The summed E-state index contributed by atoms with van der Waals surface area (Å²) in [6.45, 7) is 4.93. The lowest BCUT2D eigenvalue weighted by Gasteiger charge is -2.35. The largest absolute Gasteiger partial charge is 0.369 e. The van der Waals surface area contributed by atoms with E-state index in [9.17, 15) is 8.42 Å². The maximum atomic E-state index is 13.3. The second kappa shape index (κ2) is 7.44. The fourth-order valence-electron chi connectivity index (χ4n) is 4.45. The Labute approximate surface area is 172 Å². The Hall–Kier alpha value is -2.41. The van der Waals surface area contributed by atoms with Crippen LogP contribution in [0.4, 0.5) is 5.69 Å². The lowest BCUT2D eigenvalue weighted by molar-refractivity contribution is 0.391. The highest BCUT2D eigenvalue weighted by atomic mass is 32.2. The van der Waals surface area contributed by atoms with Gasteiger partial charge in [-0.15, -0.1) is 0 Å². The number of hydrogen-bond donors (Lipinski definition) is 1. The summed E-state index contributed by atoms with van der Waals surface area (Å²) in [6, 6.07) is 19.6. The zero-order valence-corrected chi connectivity index (χ0v) is 17.2. The minimum atomic E-state index is -3.52. The predicted octanol–water partition coefficient (Wildman–Crippen LogP) is 3.00. The predicted molar refractivity (Wildman–Crippen MR) is 117 cm³/mol. The number of piperazine rings is 1. The summed E-state index contributed by atoms with van der Waals surface area (Å²) in [5.41, 5.74) is 3.70. The SMILES string of the molecule is O=S(=O)(c1ccc2ccccc2c1)N1CCc2c(cccc2N2CCNCC2)C1. The van der Waals surface area contributed by atoms with Gasteiger partial charge in [-0.2, -0.15) is 4.31 Å². The molecule has 2 heterocycles. The highest BCUT2D eigenvalue weighted by Gasteiger charge is 2.30. The molecule has 0 saturated carbocycles. The van der Waals surface area contributed by atoms with Crippen LogP contribution in [-0.4, -0.2) is 45.4 Å². The summed E-state index contributed by atoms with van der Waals surface area (Å²) in [7, 11) is -3.52. The zero-order valence-electron chi connectivity index (χ0n) is 16.3. The standard InChI is InChI=1S/C23H25N3O2S/c27-29(28,21-9-8-18-4-1-2-5-19(18)16-21)26-13-10-22-20(17-26)6-3-7-23(22)25-14-11-24-12-15-25/h1-9,16,24H,10-15,17H2. The van der Waals surface area contributed by atoms with Crippen molar-refractivity contribution in [3.8, 4) is 0 Å². The molecule has 1 fully saturated rings. The molecule has 2 aliphatic heterocycles. The van der Waals surface area contributed by atoms with Crippen LogP contribution in [0.2, 0.25) is 0 Å². The molecule has 5 nitrogen and oxygen atoms in total. The van der Waals surface area contributed by atoms with Crippen LogP contribution in [0.3, 0.4) is 0 Å². The first kappa shape index (κ1) is 18.6. The van der Waals surface area contributed by atoms with Gasteiger partial charge in [-0.25, -0.2) is 8.42 Å². The van der Waals surface area contributed by atoms with Crippen molar-refractivity contribution in [3.63, 3.8) is 0 Å². The molecule has 0 aliphatic carbocycles. The quantitative estimate of drug-likeness (QED) is 0.725. The third-order valence-electron chi connectivity index (χ3n) is 6.02. The molecule has 0 atom stereocenters. The molecule has 3 aromatic carbocycles. The van der Waals surface area contributed by atoms with Crippen molar-refractivity contribution < 1.29 is 8.42 Å². The molecular formula is C23H25N3O2S. The van der Waals surface area contributed by atoms with Gasteiger partial charge in [0.1, 0.15) is 0 Å². The first-order valence-electron chi connectivity index (χ1n) is 10.2. The lowest BCUT2D eigenvalue weighted by Crippen LogP contribution is -2.44. The number of benzene rings is 3. The van der Waals surface area contributed by atoms with Crippen LogP contribution >= 0.6 is 0 Å². The summed E-state index contributed by atoms with van der Waals surface area (Å²) in [6.07, 6.45) is 0.752. The third kappa shape index (κ3) is 3.41. The van der Waals surface area contributed by atoms with Crippen molar-refractivity contribution in [2.24, 2.45) is 0 Å². The summed E-state index contributed by atoms with van der Waals surface area (Å²) in [5.74, 6) is 0. The highest BCUT2D eigenvalue weighted by molar-refractivity contribution is 7.89. The van der Waals surface area contributed by atoms with Crippen LogP contribution in [0.25, 0.3) is 10.8 Å². The maximum absolute atomic E-state index is 13.3. The van der Waals surface area contributed by atoms with Gasteiger partial charge >= 0.3 is 0 Å². The Morgan fingerprint density at radius 1 is 0.828 bits per heavy atom. The van der Waals surface area contributed by atoms with Gasteiger partial charge in [0, 0.05) is 45.0 Å². The van der Waals surface area contributed by atoms with Gasteiger partial charge < -0.3 is 10.2 Å². The van der Waals surface area contributed by atoms with Crippen molar-refractivity contribution in [1.82, 2.24) is 9.62 Å². The van der Waals surface area contributed by atoms with Crippen molar-refractivity contribution in [2.45, 2.75) is 17.9 Å². The molecule has 29 heavy (non-hydrogen) atoms. The van der Waals surface area contributed by atoms with Crippen LogP contribution in [-0.2, 0) is 23.0 Å². The Morgan fingerprint density at radius 3 is 2.45 bits per heavy atom. The fourth-order valence-corrected chi connectivity index (χ4v) is 5.90. The molecule has 0 bridgehead atoms. The molecule has 2 aliphatic rings. The molecule has 1 N–H and O–H groups in total. The second-order valence-electron chi connectivity index (χ2n) is 7.75. The van der Waals surface area contributed by atoms with Crippen molar-refractivity contribution in [1.29, 1.82) is 0 Å². The minimum absolute atomic E-state index is 0.373. The monoisotopic (exact) mass is 407 g/mol. The second-order valence-corrected chi connectivity index (χ2v) is 9.69.